The van der Waals surface area contributed by atoms with Crippen LogP contribution in [0.3, 0.4) is 0 Å². The van der Waals surface area contributed by atoms with E-state index in [9.17, 15) is 0 Å². The largest absolute Gasteiger partial charge is 0.326 e. The van der Waals surface area contributed by atoms with Gasteiger partial charge in [-0.3, -0.25) is 0 Å². The highest BCUT2D eigenvalue weighted by molar-refractivity contribution is 5.25. The Morgan fingerprint density at radius 3 is 3.25 bits per heavy atom. The summed E-state index contributed by atoms with van der Waals surface area (Å²) in [5.41, 5.74) is 7.58. The second kappa shape index (κ2) is 3.04. The minimum absolute atomic E-state index is 0.333. The fourth-order valence-corrected chi connectivity index (χ4v) is 2.17. The minimum atomic E-state index is 0.333. The van der Waals surface area contributed by atoms with Gasteiger partial charge in [0.15, 0.2) is 0 Å². The predicted molar refractivity (Wildman–Crippen MR) is 50.8 cm³/mol. The van der Waals surface area contributed by atoms with Crippen molar-refractivity contribution in [2.45, 2.75) is 12.5 Å². The van der Waals surface area contributed by atoms with Crippen LogP contribution in [0.4, 0.5) is 0 Å². The first-order valence-corrected chi connectivity index (χ1v) is 4.57. The number of hydrogen-bond donors (Lipinski definition) is 1. The molecule has 2 rings (SSSR count). The van der Waals surface area contributed by atoms with Crippen LogP contribution in [0.1, 0.15) is 6.42 Å². The topological polar surface area (TPSA) is 29.3 Å². The Hall–Kier alpha value is -0.600. The molecule has 1 aliphatic carbocycles. The van der Waals surface area contributed by atoms with Gasteiger partial charge >= 0.3 is 0 Å². The number of piperidine rings is 1. The SMILES string of the molecule is CN1CC2=CC=CCC2C(N)C1. The average Bonchev–Trinajstić information content (AvgIpc) is 2.04. The first-order valence-electron chi connectivity index (χ1n) is 4.57. The lowest BCUT2D eigenvalue weighted by molar-refractivity contribution is 0.246. The van der Waals surface area contributed by atoms with Crippen LogP contribution in [-0.4, -0.2) is 31.1 Å². The smallest absolute Gasteiger partial charge is 0.0237 e. The zero-order valence-corrected chi connectivity index (χ0v) is 7.53. The molecule has 0 spiro atoms. The van der Waals surface area contributed by atoms with Crippen molar-refractivity contribution in [3.63, 3.8) is 0 Å². The van der Waals surface area contributed by atoms with E-state index in [1.807, 2.05) is 0 Å². The van der Waals surface area contributed by atoms with E-state index in [-0.39, 0.29) is 0 Å². The van der Waals surface area contributed by atoms with Gasteiger partial charge in [-0.05, 0) is 13.5 Å². The van der Waals surface area contributed by atoms with Crippen LogP contribution in [0.5, 0.6) is 0 Å². The van der Waals surface area contributed by atoms with Gasteiger partial charge in [0.1, 0.15) is 0 Å². The minimum Gasteiger partial charge on any atom is -0.326 e. The highest BCUT2D eigenvalue weighted by atomic mass is 15.1. The van der Waals surface area contributed by atoms with Gasteiger partial charge in [0.05, 0.1) is 0 Å². The zero-order valence-electron chi connectivity index (χ0n) is 7.53. The molecule has 0 amide bonds. The molecule has 2 heteroatoms. The maximum Gasteiger partial charge on any atom is 0.0237 e. The van der Waals surface area contributed by atoms with E-state index < -0.39 is 0 Å². The molecule has 0 bridgehead atoms. The van der Waals surface area contributed by atoms with E-state index in [0.29, 0.717) is 12.0 Å². The summed E-state index contributed by atoms with van der Waals surface area (Å²) in [4.78, 5) is 2.30. The van der Waals surface area contributed by atoms with Crippen molar-refractivity contribution >= 4 is 0 Å². The molecule has 2 nitrogen and oxygen atoms in total. The van der Waals surface area contributed by atoms with E-state index in [2.05, 4.69) is 30.2 Å². The Bertz CT molecular complexity index is 230. The molecule has 2 aliphatic rings. The molecule has 12 heavy (non-hydrogen) atoms. The number of likely N-dealkylation sites (tertiary alicyclic amines) is 1. The van der Waals surface area contributed by atoms with Crippen molar-refractivity contribution in [2.75, 3.05) is 20.1 Å². The van der Waals surface area contributed by atoms with E-state index in [0.717, 1.165) is 19.5 Å². The summed E-state index contributed by atoms with van der Waals surface area (Å²) >= 11 is 0. The van der Waals surface area contributed by atoms with Crippen molar-refractivity contribution in [2.24, 2.45) is 11.7 Å². The van der Waals surface area contributed by atoms with Gasteiger partial charge in [-0.2, -0.15) is 0 Å². The number of nitrogens with two attached hydrogens (primary N) is 1. The van der Waals surface area contributed by atoms with Gasteiger partial charge in [0, 0.05) is 25.0 Å². The van der Waals surface area contributed by atoms with Crippen LogP contribution >= 0.6 is 0 Å². The first-order chi connectivity index (χ1) is 5.77. The van der Waals surface area contributed by atoms with Crippen LogP contribution in [0.2, 0.25) is 0 Å². The molecular weight excluding hydrogens is 148 g/mol. The van der Waals surface area contributed by atoms with E-state index in [1.54, 1.807) is 0 Å². The molecular formula is C10H16N2. The second-order valence-corrected chi connectivity index (χ2v) is 3.87. The van der Waals surface area contributed by atoms with Crippen LogP contribution in [0.15, 0.2) is 23.8 Å². The Labute approximate surface area is 73.7 Å². The Balaban J connectivity index is 2.18. The fraction of sp³-hybridized carbons (Fsp3) is 0.600. The van der Waals surface area contributed by atoms with Crippen LogP contribution < -0.4 is 5.73 Å². The van der Waals surface area contributed by atoms with Gasteiger partial charge in [0.25, 0.3) is 0 Å². The summed E-state index contributed by atoms with van der Waals surface area (Å²) in [5, 5.41) is 0. The Morgan fingerprint density at radius 1 is 1.58 bits per heavy atom. The monoisotopic (exact) mass is 164 g/mol. The van der Waals surface area contributed by atoms with Gasteiger partial charge < -0.3 is 10.6 Å². The normalized spacial score (nSPS) is 36.0. The molecule has 0 radical (unpaired) electrons. The third-order valence-corrected chi connectivity index (χ3v) is 2.80. The molecule has 0 saturated carbocycles. The third kappa shape index (κ3) is 1.32. The number of likely N-dealkylation sites (N-methyl/N-ethyl adjacent to an activating group) is 1. The van der Waals surface area contributed by atoms with Gasteiger partial charge in [-0.1, -0.05) is 23.8 Å². The van der Waals surface area contributed by atoms with Crippen molar-refractivity contribution in [1.82, 2.24) is 4.90 Å². The number of nitrogens with zero attached hydrogens (tertiary/aromatic N) is 1. The summed E-state index contributed by atoms with van der Waals surface area (Å²) in [6, 6.07) is 0.333. The molecule has 66 valence electrons. The lowest BCUT2D eigenvalue weighted by Crippen LogP contribution is -2.48. The summed E-state index contributed by atoms with van der Waals surface area (Å²) in [6.07, 6.45) is 7.74. The van der Waals surface area contributed by atoms with Gasteiger partial charge in [-0.15, -0.1) is 0 Å². The molecule has 0 aromatic heterocycles. The van der Waals surface area contributed by atoms with Gasteiger partial charge in [0.2, 0.25) is 0 Å². The molecule has 1 heterocycles. The zero-order chi connectivity index (χ0) is 8.55. The highest BCUT2D eigenvalue weighted by Crippen LogP contribution is 2.27. The average molecular weight is 164 g/mol. The number of rotatable bonds is 0. The fourth-order valence-electron chi connectivity index (χ4n) is 2.17. The van der Waals surface area contributed by atoms with E-state index in [1.165, 1.54) is 5.57 Å². The summed E-state index contributed by atoms with van der Waals surface area (Å²) in [7, 11) is 2.13. The quantitative estimate of drug-likeness (QED) is 0.573. The highest BCUT2D eigenvalue weighted by Gasteiger charge is 2.28. The maximum atomic E-state index is 6.06. The molecule has 2 atom stereocenters. The summed E-state index contributed by atoms with van der Waals surface area (Å²) in [6.45, 7) is 2.14. The molecule has 2 unspecified atom stereocenters. The van der Waals surface area contributed by atoms with Gasteiger partial charge in [-0.25, -0.2) is 0 Å². The molecule has 0 aromatic carbocycles. The number of hydrogen-bond acceptors (Lipinski definition) is 2. The standard InChI is InChI=1S/C10H16N2/c1-12-6-8-4-2-3-5-9(8)10(11)7-12/h2-4,9-10H,5-7,11H2,1H3. The van der Waals surface area contributed by atoms with E-state index in [4.69, 9.17) is 5.73 Å². The van der Waals surface area contributed by atoms with Crippen LogP contribution in [0, 0.1) is 5.92 Å². The summed E-state index contributed by atoms with van der Waals surface area (Å²) < 4.78 is 0. The van der Waals surface area contributed by atoms with Crippen molar-refractivity contribution in [1.29, 1.82) is 0 Å². The van der Waals surface area contributed by atoms with E-state index >= 15 is 0 Å². The molecule has 1 aliphatic heterocycles. The molecule has 0 aromatic rings. The lowest BCUT2D eigenvalue weighted by atomic mass is 9.82. The molecule has 1 fully saturated rings. The number of fused-ring (bicyclic) bond motifs is 1. The Morgan fingerprint density at radius 2 is 2.42 bits per heavy atom. The number of allylic oxidation sites excluding steroid dienone is 3. The van der Waals surface area contributed by atoms with Crippen molar-refractivity contribution < 1.29 is 0 Å². The summed E-state index contributed by atoms with van der Waals surface area (Å²) in [5.74, 6) is 0.617. The predicted octanol–water partition coefficient (Wildman–Crippen LogP) is 0.762. The molecule has 1 saturated heterocycles. The second-order valence-electron chi connectivity index (χ2n) is 3.87. The maximum absolute atomic E-state index is 6.06. The first kappa shape index (κ1) is 8.02. The lowest BCUT2D eigenvalue weighted by Gasteiger charge is -2.37. The van der Waals surface area contributed by atoms with Crippen LogP contribution in [-0.2, 0) is 0 Å². The van der Waals surface area contributed by atoms with Crippen molar-refractivity contribution in [3.05, 3.63) is 23.8 Å². The van der Waals surface area contributed by atoms with Crippen molar-refractivity contribution in [3.8, 4) is 0 Å². The third-order valence-electron chi connectivity index (χ3n) is 2.80. The Kier molecular flexibility index (Phi) is 2.03. The van der Waals surface area contributed by atoms with Crippen LogP contribution in [0.25, 0.3) is 0 Å². The molecule has 2 N–H and O–H groups in total.